The number of nitrogens with one attached hydrogen (secondary N) is 1. The van der Waals surface area contributed by atoms with Crippen LogP contribution in [-0.2, 0) is 9.59 Å². The molecule has 0 atom stereocenters. The van der Waals surface area contributed by atoms with Gasteiger partial charge in [0.25, 0.3) is 5.91 Å². The van der Waals surface area contributed by atoms with Gasteiger partial charge in [0.15, 0.2) is 0 Å². The van der Waals surface area contributed by atoms with Crippen molar-refractivity contribution in [3.05, 3.63) is 35.6 Å². The normalized spacial score (nSPS) is 19.0. The second kappa shape index (κ2) is 8.27. The van der Waals surface area contributed by atoms with E-state index >= 15 is 0 Å². The Morgan fingerprint density at radius 1 is 1.00 bits per heavy atom. The van der Waals surface area contributed by atoms with E-state index in [-0.39, 0.29) is 36.6 Å². The second-order valence-corrected chi connectivity index (χ2v) is 6.59. The molecule has 7 nitrogen and oxygen atoms in total. The first-order valence-electron chi connectivity index (χ1n) is 8.84. The van der Waals surface area contributed by atoms with E-state index in [1.165, 1.54) is 24.3 Å². The van der Waals surface area contributed by atoms with Crippen LogP contribution in [-0.4, -0.2) is 84.8 Å². The standard InChI is InChI=1S/C18H23FN4O3/c19-15-4-2-14(3-5-15)18(26)22-8-1-7-21(10-11-22)13-17(25)23-9-6-20-16(24)12-23/h2-5H,1,6-13H2,(H,20,24). The van der Waals surface area contributed by atoms with Gasteiger partial charge < -0.3 is 15.1 Å². The summed E-state index contributed by atoms with van der Waals surface area (Å²) in [6.07, 6.45) is 0.765. The first kappa shape index (κ1) is 18.3. The summed E-state index contributed by atoms with van der Waals surface area (Å²) in [7, 11) is 0. The average molecular weight is 362 g/mol. The average Bonchev–Trinajstić information content (AvgIpc) is 2.87. The number of rotatable bonds is 3. The van der Waals surface area contributed by atoms with Crippen LogP contribution in [0.4, 0.5) is 4.39 Å². The zero-order valence-corrected chi connectivity index (χ0v) is 14.6. The summed E-state index contributed by atoms with van der Waals surface area (Å²) in [4.78, 5) is 41.7. The lowest BCUT2D eigenvalue weighted by Crippen LogP contribution is -2.52. The van der Waals surface area contributed by atoms with Crippen LogP contribution in [0.5, 0.6) is 0 Å². The number of benzene rings is 1. The molecular formula is C18H23FN4O3. The Morgan fingerprint density at radius 3 is 2.50 bits per heavy atom. The number of halogens is 1. The van der Waals surface area contributed by atoms with Gasteiger partial charge in [-0.2, -0.15) is 0 Å². The van der Waals surface area contributed by atoms with Gasteiger partial charge in [-0.25, -0.2) is 4.39 Å². The number of hydrogen-bond donors (Lipinski definition) is 1. The third-order valence-corrected chi connectivity index (χ3v) is 4.72. The molecule has 0 saturated carbocycles. The molecule has 2 aliphatic heterocycles. The Labute approximate surface area is 151 Å². The van der Waals surface area contributed by atoms with E-state index in [4.69, 9.17) is 0 Å². The largest absolute Gasteiger partial charge is 0.353 e. The quantitative estimate of drug-likeness (QED) is 0.817. The Morgan fingerprint density at radius 2 is 1.77 bits per heavy atom. The molecule has 1 aromatic rings. The van der Waals surface area contributed by atoms with Crippen molar-refractivity contribution in [2.45, 2.75) is 6.42 Å². The zero-order valence-electron chi connectivity index (χ0n) is 14.6. The third-order valence-electron chi connectivity index (χ3n) is 4.72. The SMILES string of the molecule is O=C1CN(C(=O)CN2CCCN(C(=O)c3ccc(F)cc3)CC2)CCN1. The topological polar surface area (TPSA) is 73.0 Å². The molecule has 0 unspecified atom stereocenters. The molecule has 2 fully saturated rings. The summed E-state index contributed by atoms with van der Waals surface area (Å²) >= 11 is 0. The van der Waals surface area contributed by atoms with Crippen molar-refractivity contribution in [3.8, 4) is 0 Å². The first-order chi connectivity index (χ1) is 12.5. The maximum absolute atomic E-state index is 13.0. The second-order valence-electron chi connectivity index (χ2n) is 6.59. The fourth-order valence-corrected chi connectivity index (χ4v) is 3.25. The van der Waals surface area contributed by atoms with Crippen LogP contribution in [0, 0.1) is 5.82 Å². The minimum absolute atomic E-state index is 0.0573. The van der Waals surface area contributed by atoms with Crippen molar-refractivity contribution in [3.63, 3.8) is 0 Å². The van der Waals surface area contributed by atoms with Crippen LogP contribution in [0.25, 0.3) is 0 Å². The lowest BCUT2D eigenvalue weighted by Gasteiger charge is -2.29. The highest BCUT2D eigenvalue weighted by atomic mass is 19.1. The fraction of sp³-hybridized carbons (Fsp3) is 0.500. The van der Waals surface area contributed by atoms with Crippen molar-refractivity contribution in [2.75, 3.05) is 52.4 Å². The van der Waals surface area contributed by atoms with Crippen LogP contribution in [0.3, 0.4) is 0 Å². The van der Waals surface area contributed by atoms with Crippen LogP contribution in [0.1, 0.15) is 16.8 Å². The summed E-state index contributed by atoms with van der Waals surface area (Å²) in [6.45, 7) is 3.83. The van der Waals surface area contributed by atoms with E-state index < -0.39 is 0 Å². The van der Waals surface area contributed by atoms with Gasteiger partial charge >= 0.3 is 0 Å². The molecule has 0 aliphatic carbocycles. The van der Waals surface area contributed by atoms with E-state index in [2.05, 4.69) is 5.32 Å². The number of hydrogen-bond acceptors (Lipinski definition) is 4. The molecule has 0 radical (unpaired) electrons. The highest BCUT2D eigenvalue weighted by Gasteiger charge is 2.25. The number of piperazine rings is 1. The predicted octanol–water partition coefficient (Wildman–Crippen LogP) is -0.0680. The molecule has 0 bridgehead atoms. The van der Waals surface area contributed by atoms with E-state index in [0.717, 1.165) is 13.0 Å². The lowest BCUT2D eigenvalue weighted by molar-refractivity contribution is -0.139. The molecule has 8 heteroatoms. The van der Waals surface area contributed by atoms with Crippen molar-refractivity contribution in [1.82, 2.24) is 20.0 Å². The summed E-state index contributed by atoms with van der Waals surface area (Å²) < 4.78 is 13.0. The van der Waals surface area contributed by atoms with Gasteiger partial charge in [0.05, 0.1) is 13.1 Å². The summed E-state index contributed by atoms with van der Waals surface area (Å²) in [5.74, 6) is -0.672. The number of nitrogens with zero attached hydrogens (tertiary/aromatic N) is 3. The zero-order chi connectivity index (χ0) is 18.5. The molecule has 26 heavy (non-hydrogen) atoms. The van der Waals surface area contributed by atoms with Gasteiger partial charge in [-0.15, -0.1) is 0 Å². The predicted molar refractivity (Wildman–Crippen MR) is 93.0 cm³/mol. The maximum atomic E-state index is 13.0. The van der Waals surface area contributed by atoms with Crippen LogP contribution >= 0.6 is 0 Å². The molecule has 3 rings (SSSR count). The molecule has 2 saturated heterocycles. The number of amides is 3. The van der Waals surface area contributed by atoms with E-state index in [1.807, 2.05) is 4.90 Å². The van der Waals surface area contributed by atoms with Crippen molar-refractivity contribution in [1.29, 1.82) is 0 Å². The smallest absolute Gasteiger partial charge is 0.253 e. The summed E-state index contributed by atoms with van der Waals surface area (Å²) in [6, 6.07) is 5.55. The van der Waals surface area contributed by atoms with Gasteiger partial charge in [0.2, 0.25) is 11.8 Å². The van der Waals surface area contributed by atoms with Gasteiger partial charge in [0.1, 0.15) is 5.82 Å². The fourth-order valence-electron chi connectivity index (χ4n) is 3.25. The summed E-state index contributed by atoms with van der Waals surface area (Å²) in [5, 5.41) is 2.70. The van der Waals surface area contributed by atoms with E-state index in [9.17, 15) is 18.8 Å². The van der Waals surface area contributed by atoms with Gasteiger partial charge in [-0.1, -0.05) is 0 Å². The molecule has 2 heterocycles. The van der Waals surface area contributed by atoms with Crippen LogP contribution in [0.15, 0.2) is 24.3 Å². The van der Waals surface area contributed by atoms with Gasteiger partial charge in [0, 0.05) is 44.8 Å². The van der Waals surface area contributed by atoms with E-state index in [1.54, 1.807) is 9.80 Å². The first-order valence-corrected chi connectivity index (χ1v) is 8.84. The lowest BCUT2D eigenvalue weighted by atomic mass is 10.2. The number of carbonyl (C=O) groups is 3. The van der Waals surface area contributed by atoms with Gasteiger partial charge in [-0.3, -0.25) is 19.3 Å². The minimum atomic E-state index is -0.367. The molecule has 2 aliphatic rings. The Kier molecular flexibility index (Phi) is 5.82. The minimum Gasteiger partial charge on any atom is -0.353 e. The van der Waals surface area contributed by atoms with Gasteiger partial charge in [-0.05, 0) is 30.7 Å². The van der Waals surface area contributed by atoms with Crippen molar-refractivity contribution in [2.24, 2.45) is 0 Å². The molecule has 140 valence electrons. The van der Waals surface area contributed by atoms with Crippen molar-refractivity contribution >= 4 is 17.7 Å². The van der Waals surface area contributed by atoms with Crippen molar-refractivity contribution < 1.29 is 18.8 Å². The number of carbonyl (C=O) groups excluding carboxylic acids is 3. The third kappa shape index (κ3) is 4.57. The molecule has 3 amide bonds. The summed E-state index contributed by atoms with van der Waals surface area (Å²) in [5.41, 5.74) is 0.468. The Bertz CT molecular complexity index is 680. The maximum Gasteiger partial charge on any atom is 0.253 e. The molecule has 0 aromatic heterocycles. The Balaban J connectivity index is 1.53. The van der Waals surface area contributed by atoms with E-state index in [0.29, 0.717) is 38.3 Å². The molecule has 1 N–H and O–H groups in total. The monoisotopic (exact) mass is 362 g/mol. The molecule has 1 aromatic carbocycles. The highest BCUT2D eigenvalue weighted by Crippen LogP contribution is 2.11. The molecule has 0 spiro atoms. The highest BCUT2D eigenvalue weighted by molar-refractivity contribution is 5.94. The Hall–Kier alpha value is -2.48. The van der Waals surface area contributed by atoms with Crippen LogP contribution < -0.4 is 5.32 Å². The molecular weight excluding hydrogens is 339 g/mol. The van der Waals surface area contributed by atoms with Crippen LogP contribution in [0.2, 0.25) is 0 Å².